The summed E-state index contributed by atoms with van der Waals surface area (Å²) in [7, 11) is 0. The summed E-state index contributed by atoms with van der Waals surface area (Å²) < 4.78 is 16.4. The quantitative estimate of drug-likeness (QED) is 0.603. The van der Waals surface area contributed by atoms with E-state index in [0.717, 1.165) is 5.57 Å². The first kappa shape index (κ1) is 9.15. The van der Waals surface area contributed by atoms with E-state index in [1.165, 1.54) is 0 Å². The van der Waals surface area contributed by atoms with Crippen molar-refractivity contribution in [3.8, 4) is 0 Å². The molecule has 0 saturated carbocycles. The van der Waals surface area contributed by atoms with Gasteiger partial charge in [-0.25, -0.2) is 0 Å². The molecule has 74 valence electrons. The second-order valence-corrected chi connectivity index (χ2v) is 3.70. The van der Waals surface area contributed by atoms with Gasteiger partial charge in [0.2, 0.25) is 0 Å². The molecule has 2 fully saturated rings. The largest absolute Gasteiger partial charge is 0.392 e. The average Bonchev–Trinajstić information content (AvgIpc) is 2.48. The van der Waals surface area contributed by atoms with E-state index in [0.29, 0.717) is 6.61 Å². The number of ether oxygens (including phenoxy) is 3. The molecule has 13 heavy (non-hydrogen) atoms. The lowest BCUT2D eigenvalue weighted by Gasteiger charge is -2.17. The molecule has 2 saturated heterocycles. The fourth-order valence-electron chi connectivity index (χ4n) is 1.66. The van der Waals surface area contributed by atoms with Gasteiger partial charge in [0.1, 0.15) is 6.10 Å². The molecule has 2 heterocycles. The molecule has 2 aliphatic rings. The van der Waals surface area contributed by atoms with Crippen LogP contribution in [0.1, 0.15) is 13.8 Å². The smallest absolute Gasteiger partial charge is 0.191 e. The van der Waals surface area contributed by atoms with Gasteiger partial charge >= 0.3 is 0 Å². The normalized spacial score (nSPS) is 39.8. The van der Waals surface area contributed by atoms with Gasteiger partial charge < -0.3 is 19.3 Å². The molecule has 2 aliphatic heterocycles. The Kier molecular flexibility index (Phi) is 2.15. The van der Waals surface area contributed by atoms with Gasteiger partial charge in [-0.1, -0.05) is 6.08 Å². The lowest BCUT2D eigenvalue weighted by molar-refractivity contribution is -0.189. The van der Waals surface area contributed by atoms with Gasteiger partial charge in [-0.2, -0.15) is 0 Å². The molecule has 0 aromatic heterocycles. The van der Waals surface area contributed by atoms with E-state index in [9.17, 15) is 0 Å². The van der Waals surface area contributed by atoms with E-state index >= 15 is 0 Å². The van der Waals surface area contributed by atoms with Gasteiger partial charge in [-0.05, 0) is 19.4 Å². The average molecular weight is 186 g/mol. The summed E-state index contributed by atoms with van der Waals surface area (Å²) in [5, 5.41) is 8.75. The number of rotatable bonds is 1. The summed E-state index contributed by atoms with van der Waals surface area (Å²) in [6.07, 6.45) is 1.28. The maximum absolute atomic E-state index is 8.75. The Bertz CT molecular complexity index is 234. The van der Waals surface area contributed by atoms with Crippen LogP contribution in [0.4, 0.5) is 0 Å². The number of hydrogen-bond acceptors (Lipinski definition) is 4. The number of hydrogen-bond donors (Lipinski definition) is 1. The first-order valence-electron chi connectivity index (χ1n) is 4.39. The molecule has 0 spiro atoms. The van der Waals surface area contributed by atoms with Crippen molar-refractivity contribution in [1.29, 1.82) is 0 Å². The topological polar surface area (TPSA) is 47.9 Å². The van der Waals surface area contributed by atoms with Crippen molar-refractivity contribution in [2.75, 3.05) is 13.2 Å². The number of aliphatic hydroxyl groups is 1. The van der Waals surface area contributed by atoms with E-state index < -0.39 is 5.79 Å². The second-order valence-electron chi connectivity index (χ2n) is 3.70. The van der Waals surface area contributed by atoms with Crippen molar-refractivity contribution in [1.82, 2.24) is 0 Å². The Hall–Kier alpha value is -0.420. The minimum absolute atomic E-state index is 0.0195. The number of aliphatic hydroxyl groups excluding tert-OH is 1. The molecule has 0 bridgehead atoms. The van der Waals surface area contributed by atoms with Crippen molar-refractivity contribution >= 4 is 0 Å². The summed E-state index contributed by atoms with van der Waals surface area (Å²) >= 11 is 0. The third-order valence-electron chi connectivity index (χ3n) is 2.19. The lowest BCUT2D eigenvalue weighted by atomic mass is 10.2. The molecule has 0 aromatic rings. The zero-order valence-corrected chi connectivity index (χ0v) is 7.82. The Morgan fingerprint density at radius 1 is 1.54 bits per heavy atom. The molecule has 4 heteroatoms. The van der Waals surface area contributed by atoms with Crippen LogP contribution in [0.15, 0.2) is 11.6 Å². The van der Waals surface area contributed by atoms with E-state index in [-0.39, 0.29) is 19.0 Å². The zero-order valence-electron chi connectivity index (χ0n) is 7.82. The van der Waals surface area contributed by atoms with Crippen LogP contribution in [-0.2, 0) is 14.2 Å². The molecule has 4 nitrogen and oxygen atoms in total. The molecule has 0 radical (unpaired) electrons. The van der Waals surface area contributed by atoms with Gasteiger partial charge in [0.15, 0.2) is 12.1 Å². The highest BCUT2D eigenvalue weighted by Crippen LogP contribution is 2.36. The highest BCUT2D eigenvalue weighted by molar-refractivity contribution is 5.16. The highest BCUT2D eigenvalue weighted by Gasteiger charge is 2.47. The molecular weight excluding hydrogens is 172 g/mol. The molecule has 0 aliphatic carbocycles. The van der Waals surface area contributed by atoms with E-state index in [2.05, 4.69) is 0 Å². The predicted octanol–water partition coefficient (Wildman–Crippen LogP) is 0.413. The summed E-state index contributed by atoms with van der Waals surface area (Å²) in [6, 6.07) is 0. The van der Waals surface area contributed by atoms with Gasteiger partial charge in [0, 0.05) is 0 Å². The van der Waals surface area contributed by atoms with Crippen LogP contribution < -0.4 is 0 Å². The first-order chi connectivity index (χ1) is 6.12. The van der Waals surface area contributed by atoms with Crippen molar-refractivity contribution in [3.63, 3.8) is 0 Å². The van der Waals surface area contributed by atoms with E-state index in [1.807, 2.05) is 13.8 Å². The Morgan fingerprint density at radius 2 is 2.31 bits per heavy atom. The van der Waals surface area contributed by atoms with Crippen LogP contribution in [0.2, 0.25) is 0 Å². The predicted molar refractivity (Wildman–Crippen MR) is 44.9 cm³/mol. The summed E-state index contributed by atoms with van der Waals surface area (Å²) in [6.45, 7) is 4.22. The Labute approximate surface area is 77.1 Å². The third-order valence-corrected chi connectivity index (χ3v) is 2.19. The van der Waals surface area contributed by atoms with Gasteiger partial charge in [0.25, 0.3) is 0 Å². The third kappa shape index (κ3) is 1.62. The van der Waals surface area contributed by atoms with Crippen LogP contribution in [-0.4, -0.2) is 36.5 Å². The van der Waals surface area contributed by atoms with Crippen LogP contribution >= 0.6 is 0 Å². The molecule has 2 rings (SSSR count). The minimum atomic E-state index is -0.579. The maximum Gasteiger partial charge on any atom is 0.191 e. The fraction of sp³-hybridized carbons (Fsp3) is 0.778. The summed E-state index contributed by atoms with van der Waals surface area (Å²) in [4.78, 5) is 0. The lowest BCUT2D eigenvalue weighted by Crippen LogP contribution is -2.23. The van der Waals surface area contributed by atoms with Gasteiger partial charge in [-0.3, -0.25) is 0 Å². The van der Waals surface area contributed by atoms with Crippen LogP contribution in [0.3, 0.4) is 0 Å². The molecule has 2 unspecified atom stereocenters. The van der Waals surface area contributed by atoms with Crippen LogP contribution in [0.25, 0.3) is 0 Å². The van der Waals surface area contributed by atoms with Gasteiger partial charge in [0.05, 0.1) is 13.2 Å². The zero-order chi connectivity index (χ0) is 9.47. The summed E-state index contributed by atoms with van der Waals surface area (Å²) in [5.74, 6) is -0.579. The van der Waals surface area contributed by atoms with Crippen LogP contribution in [0, 0.1) is 0 Å². The van der Waals surface area contributed by atoms with Crippen LogP contribution in [0.5, 0.6) is 0 Å². The highest BCUT2D eigenvalue weighted by atomic mass is 16.8. The van der Waals surface area contributed by atoms with Crippen molar-refractivity contribution in [3.05, 3.63) is 11.6 Å². The minimum Gasteiger partial charge on any atom is -0.392 e. The van der Waals surface area contributed by atoms with Crippen molar-refractivity contribution in [2.45, 2.75) is 32.0 Å². The Balaban J connectivity index is 2.12. The Morgan fingerprint density at radius 3 is 3.00 bits per heavy atom. The fourth-order valence-corrected chi connectivity index (χ4v) is 1.66. The van der Waals surface area contributed by atoms with E-state index in [4.69, 9.17) is 19.3 Å². The molecular formula is C9H14O4. The standard InChI is InChI=1S/C9H14O4/c1-9(2)12-7-6(3-4-10)5-11-8(7)13-9/h3,7-8,10H,4-5H2,1-2H3/b6-3+. The number of fused-ring (bicyclic) bond motifs is 1. The maximum atomic E-state index is 8.75. The van der Waals surface area contributed by atoms with E-state index in [1.54, 1.807) is 6.08 Å². The monoisotopic (exact) mass is 186 g/mol. The first-order valence-corrected chi connectivity index (χ1v) is 4.39. The van der Waals surface area contributed by atoms with Gasteiger partial charge in [-0.15, -0.1) is 0 Å². The molecule has 2 atom stereocenters. The second kappa shape index (κ2) is 3.06. The summed E-state index contributed by atoms with van der Waals surface area (Å²) in [5.41, 5.74) is 0.970. The molecule has 0 amide bonds. The van der Waals surface area contributed by atoms with Crippen molar-refractivity contribution < 1.29 is 19.3 Å². The molecule has 0 aromatic carbocycles. The molecule has 1 N–H and O–H groups in total. The SMILES string of the molecule is CC1(C)OC2OC/C(=C\CO)C2O1. The van der Waals surface area contributed by atoms with Crippen molar-refractivity contribution in [2.24, 2.45) is 0 Å².